The highest BCUT2D eigenvalue weighted by atomic mass is 16.1. The molecular weight excluding hydrogens is 366 g/mol. The van der Waals surface area contributed by atoms with Gasteiger partial charge in [0.1, 0.15) is 11.6 Å². The lowest BCUT2D eigenvalue weighted by Crippen LogP contribution is -2.10. The number of hydrogen-bond acceptors (Lipinski definition) is 7. The smallest absolute Gasteiger partial charge is 0.247 e. The first-order valence-corrected chi connectivity index (χ1v) is 8.99. The van der Waals surface area contributed by atoms with Gasteiger partial charge in [0, 0.05) is 37.2 Å². The molecule has 3 aromatic rings. The summed E-state index contributed by atoms with van der Waals surface area (Å²) in [5, 5.41) is 9.16. The Bertz CT molecular complexity index is 1020. The van der Waals surface area contributed by atoms with Crippen LogP contribution in [0.3, 0.4) is 0 Å². The van der Waals surface area contributed by atoms with Gasteiger partial charge >= 0.3 is 0 Å². The first-order valence-electron chi connectivity index (χ1n) is 8.99. The second kappa shape index (κ2) is 8.83. The molecule has 2 heterocycles. The summed E-state index contributed by atoms with van der Waals surface area (Å²) >= 11 is 0. The van der Waals surface area contributed by atoms with E-state index in [2.05, 4.69) is 37.5 Å². The quantitative estimate of drug-likeness (QED) is 0.528. The molecule has 0 aliphatic carbocycles. The van der Waals surface area contributed by atoms with E-state index >= 15 is 0 Å². The molecule has 3 rings (SSSR count). The number of aryl methyl sites for hydroxylation is 1. The maximum absolute atomic E-state index is 11.5. The van der Waals surface area contributed by atoms with Gasteiger partial charge in [-0.3, -0.25) is 4.79 Å². The monoisotopic (exact) mass is 389 g/mol. The molecule has 8 heteroatoms. The Hall–Kier alpha value is -3.94. The zero-order valence-electron chi connectivity index (χ0n) is 16.6. The largest absolute Gasteiger partial charge is 0.363 e. The number of benzene rings is 1. The SMILES string of the molecule is C=CC(=O)Nc1cccc(Nc2nc(Nc3ccc(N(C)C)nc3)ncc2C)c1. The predicted molar refractivity (Wildman–Crippen MR) is 117 cm³/mol. The van der Waals surface area contributed by atoms with Crippen molar-refractivity contribution in [3.05, 3.63) is 67.0 Å². The summed E-state index contributed by atoms with van der Waals surface area (Å²) in [6, 6.07) is 11.2. The third-order valence-corrected chi connectivity index (χ3v) is 4.01. The molecule has 29 heavy (non-hydrogen) atoms. The Morgan fingerprint density at radius 3 is 2.52 bits per heavy atom. The molecule has 0 bridgehead atoms. The summed E-state index contributed by atoms with van der Waals surface area (Å²) in [6.07, 6.45) is 4.70. The number of carbonyl (C=O) groups excluding carboxylic acids is 1. The summed E-state index contributed by atoms with van der Waals surface area (Å²) in [5.74, 6) is 1.72. The van der Waals surface area contributed by atoms with Gasteiger partial charge in [-0.1, -0.05) is 12.6 Å². The van der Waals surface area contributed by atoms with E-state index in [0.717, 1.165) is 22.8 Å². The zero-order valence-corrected chi connectivity index (χ0v) is 16.6. The molecule has 0 atom stereocenters. The summed E-state index contributed by atoms with van der Waals surface area (Å²) in [4.78, 5) is 26.7. The van der Waals surface area contributed by atoms with Crippen LogP contribution in [0.5, 0.6) is 0 Å². The molecule has 0 spiro atoms. The van der Waals surface area contributed by atoms with Crippen molar-refractivity contribution in [2.75, 3.05) is 34.9 Å². The molecule has 0 saturated heterocycles. The van der Waals surface area contributed by atoms with Crippen LogP contribution in [0.4, 0.5) is 34.6 Å². The highest BCUT2D eigenvalue weighted by Crippen LogP contribution is 2.23. The third kappa shape index (κ3) is 5.29. The van der Waals surface area contributed by atoms with Crippen molar-refractivity contribution in [2.24, 2.45) is 0 Å². The van der Waals surface area contributed by atoms with E-state index in [1.54, 1.807) is 18.5 Å². The normalized spacial score (nSPS) is 10.2. The molecule has 0 unspecified atom stereocenters. The molecule has 0 radical (unpaired) electrons. The Balaban J connectivity index is 1.76. The molecule has 8 nitrogen and oxygen atoms in total. The summed E-state index contributed by atoms with van der Waals surface area (Å²) < 4.78 is 0. The fraction of sp³-hybridized carbons (Fsp3) is 0.143. The standard InChI is InChI=1S/C21H23N7O/c1-5-19(29)24-15-7-6-8-16(11-15)25-20-14(2)12-23-21(27-20)26-17-9-10-18(22-13-17)28(3)4/h5-13H,1H2,2-4H3,(H,24,29)(H2,23,25,26,27). The molecule has 1 amide bonds. The van der Waals surface area contributed by atoms with Crippen LogP contribution in [0.25, 0.3) is 0 Å². The lowest BCUT2D eigenvalue weighted by atomic mass is 10.2. The van der Waals surface area contributed by atoms with Crippen LogP contribution in [0.2, 0.25) is 0 Å². The van der Waals surface area contributed by atoms with E-state index in [0.29, 0.717) is 17.5 Å². The van der Waals surface area contributed by atoms with Gasteiger partial charge in [0.05, 0.1) is 11.9 Å². The van der Waals surface area contributed by atoms with Gasteiger partial charge in [0.15, 0.2) is 0 Å². The number of amides is 1. The van der Waals surface area contributed by atoms with Crippen LogP contribution in [0, 0.1) is 6.92 Å². The van der Waals surface area contributed by atoms with Crippen LogP contribution < -0.4 is 20.9 Å². The summed E-state index contributed by atoms with van der Waals surface area (Å²) in [6.45, 7) is 5.38. The molecule has 3 N–H and O–H groups in total. The predicted octanol–water partition coefficient (Wildman–Crippen LogP) is 3.86. The van der Waals surface area contributed by atoms with Crippen molar-refractivity contribution >= 4 is 40.6 Å². The first kappa shape index (κ1) is 19.8. The van der Waals surface area contributed by atoms with Gasteiger partial charge in [0.25, 0.3) is 0 Å². The zero-order chi connectivity index (χ0) is 20.8. The van der Waals surface area contributed by atoms with Crippen molar-refractivity contribution in [2.45, 2.75) is 6.92 Å². The molecule has 0 aliphatic heterocycles. The van der Waals surface area contributed by atoms with E-state index in [4.69, 9.17) is 0 Å². The van der Waals surface area contributed by atoms with Crippen LogP contribution in [0.1, 0.15) is 5.56 Å². The Kier molecular flexibility index (Phi) is 6.03. The van der Waals surface area contributed by atoms with Gasteiger partial charge in [-0.2, -0.15) is 4.98 Å². The highest BCUT2D eigenvalue weighted by molar-refractivity contribution is 5.99. The minimum atomic E-state index is -0.263. The maximum atomic E-state index is 11.5. The molecule has 0 saturated carbocycles. The van der Waals surface area contributed by atoms with Gasteiger partial charge in [-0.25, -0.2) is 9.97 Å². The highest BCUT2D eigenvalue weighted by Gasteiger charge is 2.07. The second-order valence-corrected chi connectivity index (χ2v) is 6.55. The minimum absolute atomic E-state index is 0.263. The molecule has 148 valence electrons. The Labute approximate surface area is 169 Å². The van der Waals surface area contributed by atoms with Gasteiger partial charge in [-0.15, -0.1) is 0 Å². The van der Waals surface area contributed by atoms with Crippen LogP contribution >= 0.6 is 0 Å². The van der Waals surface area contributed by atoms with Gasteiger partial charge < -0.3 is 20.9 Å². The van der Waals surface area contributed by atoms with Gasteiger partial charge in [-0.05, 0) is 43.3 Å². The lowest BCUT2D eigenvalue weighted by molar-refractivity contribution is -0.111. The van der Waals surface area contributed by atoms with E-state index in [1.807, 2.05) is 56.3 Å². The van der Waals surface area contributed by atoms with Crippen LogP contribution in [-0.2, 0) is 4.79 Å². The molecule has 0 aliphatic rings. The number of anilines is 6. The Morgan fingerprint density at radius 1 is 1.03 bits per heavy atom. The van der Waals surface area contributed by atoms with Crippen LogP contribution in [0.15, 0.2) is 61.4 Å². The average molecular weight is 389 g/mol. The fourth-order valence-electron chi connectivity index (χ4n) is 2.49. The topological polar surface area (TPSA) is 95.1 Å². The number of carbonyl (C=O) groups is 1. The van der Waals surface area contributed by atoms with E-state index in [1.165, 1.54) is 6.08 Å². The lowest BCUT2D eigenvalue weighted by Gasteiger charge is -2.13. The van der Waals surface area contributed by atoms with Crippen molar-refractivity contribution < 1.29 is 4.79 Å². The molecule has 1 aromatic carbocycles. The average Bonchev–Trinajstić information content (AvgIpc) is 2.71. The minimum Gasteiger partial charge on any atom is -0.363 e. The second-order valence-electron chi connectivity index (χ2n) is 6.55. The fourth-order valence-corrected chi connectivity index (χ4v) is 2.49. The van der Waals surface area contributed by atoms with Gasteiger partial charge in [0.2, 0.25) is 11.9 Å². The molecule has 0 fully saturated rings. The number of pyridine rings is 1. The van der Waals surface area contributed by atoms with Crippen LogP contribution in [-0.4, -0.2) is 35.0 Å². The number of nitrogens with zero attached hydrogens (tertiary/aromatic N) is 4. The van der Waals surface area contributed by atoms with Crippen molar-refractivity contribution in [1.29, 1.82) is 0 Å². The number of nitrogens with one attached hydrogen (secondary N) is 3. The number of rotatable bonds is 7. The first-order chi connectivity index (χ1) is 13.9. The van der Waals surface area contributed by atoms with E-state index < -0.39 is 0 Å². The third-order valence-electron chi connectivity index (χ3n) is 4.01. The Morgan fingerprint density at radius 2 is 1.83 bits per heavy atom. The number of hydrogen-bond donors (Lipinski definition) is 3. The molecular formula is C21H23N7O. The van der Waals surface area contributed by atoms with E-state index in [9.17, 15) is 4.79 Å². The van der Waals surface area contributed by atoms with E-state index in [-0.39, 0.29) is 5.91 Å². The number of aromatic nitrogens is 3. The molecule has 2 aromatic heterocycles. The summed E-state index contributed by atoms with van der Waals surface area (Å²) in [5.41, 5.74) is 3.13. The van der Waals surface area contributed by atoms with Crippen molar-refractivity contribution in [3.8, 4) is 0 Å². The summed E-state index contributed by atoms with van der Waals surface area (Å²) in [7, 11) is 3.88. The van der Waals surface area contributed by atoms with Crippen molar-refractivity contribution in [1.82, 2.24) is 15.0 Å². The van der Waals surface area contributed by atoms with Crippen molar-refractivity contribution in [3.63, 3.8) is 0 Å². The maximum Gasteiger partial charge on any atom is 0.247 e.